The summed E-state index contributed by atoms with van der Waals surface area (Å²) >= 11 is 1.64. The van der Waals surface area contributed by atoms with Gasteiger partial charge in [-0.1, -0.05) is 12.5 Å². The van der Waals surface area contributed by atoms with Crippen molar-refractivity contribution in [3.63, 3.8) is 0 Å². The number of hydrogen-bond acceptors (Lipinski definition) is 3. The minimum Gasteiger partial charge on any atom is -0.393 e. The molecule has 2 rings (SSSR count). The number of thioether (sulfide) groups is 1. The first-order valence-corrected chi connectivity index (χ1v) is 8.43. The fraction of sp³-hybridized carbons (Fsp3) is 0.562. The minimum absolute atomic E-state index is 0.00142. The number of aryl methyl sites for hydroxylation is 1. The third kappa shape index (κ3) is 4.00. The van der Waals surface area contributed by atoms with Gasteiger partial charge in [-0.25, -0.2) is 0 Å². The highest BCUT2D eigenvalue weighted by Gasteiger charge is 2.21. The zero-order chi connectivity index (χ0) is 14.5. The first kappa shape index (κ1) is 15.4. The Hall–Kier alpha value is -1.00. The van der Waals surface area contributed by atoms with Gasteiger partial charge in [0.2, 0.25) is 0 Å². The van der Waals surface area contributed by atoms with Crippen molar-refractivity contribution >= 4 is 17.7 Å². The predicted molar refractivity (Wildman–Crippen MR) is 83.3 cm³/mol. The van der Waals surface area contributed by atoms with E-state index < -0.39 is 0 Å². The smallest absolute Gasteiger partial charge is 0.251 e. The summed E-state index contributed by atoms with van der Waals surface area (Å²) in [5.41, 5.74) is 1.76. The molecule has 0 aromatic heterocycles. The van der Waals surface area contributed by atoms with Crippen molar-refractivity contribution in [2.24, 2.45) is 5.92 Å². The van der Waals surface area contributed by atoms with Crippen LogP contribution in [0.5, 0.6) is 0 Å². The van der Waals surface area contributed by atoms with Gasteiger partial charge in [-0.2, -0.15) is 0 Å². The lowest BCUT2D eigenvalue weighted by molar-refractivity contribution is 0.0873. The molecule has 0 spiro atoms. The van der Waals surface area contributed by atoms with Crippen LogP contribution in [0.4, 0.5) is 0 Å². The van der Waals surface area contributed by atoms with Crippen molar-refractivity contribution < 1.29 is 9.90 Å². The van der Waals surface area contributed by atoms with Gasteiger partial charge in [0.15, 0.2) is 0 Å². The Morgan fingerprint density at radius 3 is 2.95 bits per heavy atom. The molecule has 1 aromatic carbocycles. The van der Waals surface area contributed by atoms with Crippen LogP contribution in [0.1, 0.15) is 41.6 Å². The normalized spacial score (nSPS) is 22.6. The van der Waals surface area contributed by atoms with Crippen LogP contribution < -0.4 is 5.32 Å². The van der Waals surface area contributed by atoms with Gasteiger partial charge in [-0.3, -0.25) is 4.79 Å². The fourth-order valence-corrected chi connectivity index (χ4v) is 3.19. The molecule has 4 heteroatoms. The minimum atomic E-state index is -0.188. The molecular formula is C16H23NO2S. The first-order chi connectivity index (χ1) is 9.60. The lowest BCUT2D eigenvalue weighted by atomic mass is 9.87. The summed E-state index contributed by atoms with van der Waals surface area (Å²) in [6.45, 7) is 2.63. The molecule has 2 atom stereocenters. The third-order valence-corrected chi connectivity index (χ3v) is 4.72. The van der Waals surface area contributed by atoms with Crippen LogP contribution in [0.15, 0.2) is 23.1 Å². The van der Waals surface area contributed by atoms with Crippen LogP contribution >= 0.6 is 11.8 Å². The van der Waals surface area contributed by atoms with E-state index in [2.05, 4.69) is 5.32 Å². The van der Waals surface area contributed by atoms with Gasteiger partial charge < -0.3 is 10.4 Å². The van der Waals surface area contributed by atoms with Crippen molar-refractivity contribution in [2.75, 3.05) is 12.8 Å². The van der Waals surface area contributed by atoms with Gasteiger partial charge in [-0.05, 0) is 56.1 Å². The standard InChI is InChI=1S/C16H23NO2S/c1-11-6-7-14(20-2)9-15(11)16(19)17-10-12-4-3-5-13(18)8-12/h6-7,9,12-13,18H,3-5,8,10H2,1-2H3,(H,17,19). The molecule has 20 heavy (non-hydrogen) atoms. The molecule has 110 valence electrons. The number of aliphatic hydroxyl groups excluding tert-OH is 1. The average Bonchev–Trinajstić information content (AvgIpc) is 2.45. The van der Waals surface area contributed by atoms with E-state index in [9.17, 15) is 9.90 Å². The second kappa shape index (κ2) is 7.14. The van der Waals surface area contributed by atoms with Crippen LogP contribution in [-0.2, 0) is 0 Å². The maximum atomic E-state index is 12.3. The van der Waals surface area contributed by atoms with Crippen molar-refractivity contribution in [1.29, 1.82) is 0 Å². The van der Waals surface area contributed by atoms with E-state index in [0.717, 1.165) is 41.7 Å². The molecule has 2 N–H and O–H groups in total. The summed E-state index contributed by atoms with van der Waals surface area (Å²) < 4.78 is 0. The molecule has 0 radical (unpaired) electrons. The maximum Gasteiger partial charge on any atom is 0.251 e. The van der Waals surface area contributed by atoms with Crippen LogP contribution in [-0.4, -0.2) is 29.9 Å². The Morgan fingerprint density at radius 2 is 2.25 bits per heavy atom. The monoisotopic (exact) mass is 293 g/mol. The van der Waals surface area contributed by atoms with E-state index in [1.807, 2.05) is 31.4 Å². The molecule has 2 unspecified atom stereocenters. The number of hydrogen-bond donors (Lipinski definition) is 2. The SMILES string of the molecule is CSc1ccc(C)c(C(=O)NCC2CCCC(O)C2)c1. The molecule has 1 fully saturated rings. The Morgan fingerprint density at radius 1 is 1.45 bits per heavy atom. The van der Waals surface area contributed by atoms with E-state index in [0.29, 0.717) is 12.5 Å². The van der Waals surface area contributed by atoms with Crippen molar-refractivity contribution in [1.82, 2.24) is 5.32 Å². The Labute approximate surface area is 125 Å². The topological polar surface area (TPSA) is 49.3 Å². The van der Waals surface area contributed by atoms with Crippen molar-refractivity contribution in [2.45, 2.75) is 43.6 Å². The Kier molecular flexibility index (Phi) is 5.49. The van der Waals surface area contributed by atoms with E-state index in [1.54, 1.807) is 11.8 Å². The van der Waals surface area contributed by atoms with Gasteiger partial charge in [0, 0.05) is 17.0 Å². The highest BCUT2D eigenvalue weighted by Crippen LogP contribution is 2.24. The zero-order valence-corrected chi connectivity index (χ0v) is 13.0. The second-order valence-electron chi connectivity index (χ2n) is 5.58. The molecule has 1 aromatic rings. The van der Waals surface area contributed by atoms with Crippen molar-refractivity contribution in [3.05, 3.63) is 29.3 Å². The quantitative estimate of drug-likeness (QED) is 0.839. The highest BCUT2D eigenvalue weighted by molar-refractivity contribution is 7.98. The predicted octanol–water partition coefficient (Wildman–Crippen LogP) is 3.00. The number of carbonyl (C=O) groups excluding carboxylic acids is 1. The number of amides is 1. The summed E-state index contributed by atoms with van der Waals surface area (Å²) in [6, 6.07) is 5.98. The van der Waals surface area contributed by atoms with Crippen LogP contribution in [0.3, 0.4) is 0 Å². The molecule has 3 nitrogen and oxygen atoms in total. The van der Waals surface area contributed by atoms with E-state index in [-0.39, 0.29) is 12.0 Å². The Balaban J connectivity index is 1.94. The lowest BCUT2D eigenvalue weighted by Gasteiger charge is -2.26. The largest absolute Gasteiger partial charge is 0.393 e. The molecule has 0 saturated heterocycles. The summed E-state index contributed by atoms with van der Waals surface area (Å²) in [5.74, 6) is 0.408. The van der Waals surface area contributed by atoms with E-state index in [1.165, 1.54) is 0 Å². The molecule has 1 aliphatic carbocycles. The molecule has 0 aliphatic heterocycles. The third-order valence-electron chi connectivity index (χ3n) is 4.00. The fourth-order valence-electron chi connectivity index (χ4n) is 2.75. The van der Waals surface area contributed by atoms with Gasteiger partial charge >= 0.3 is 0 Å². The highest BCUT2D eigenvalue weighted by atomic mass is 32.2. The van der Waals surface area contributed by atoms with Crippen molar-refractivity contribution in [3.8, 4) is 0 Å². The number of carbonyl (C=O) groups is 1. The summed E-state index contributed by atoms with van der Waals surface area (Å²) in [7, 11) is 0. The van der Waals surface area contributed by atoms with Gasteiger partial charge in [0.1, 0.15) is 0 Å². The molecule has 1 aliphatic rings. The van der Waals surface area contributed by atoms with Gasteiger partial charge in [-0.15, -0.1) is 11.8 Å². The van der Waals surface area contributed by atoms with Gasteiger partial charge in [0.05, 0.1) is 6.10 Å². The Bertz CT molecular complexity index is 476. The average molecular weight is 293 g/mol. The van der Waals surface area contributed by atoms with E-state index in [4.69, 9.17) is 0 Å². The number of nitrogens with one attached hydrogen (secondary N) is 1. The molecule has 1 saturated carbocycles. The number of aliphatic hydroxyl groups is 1. The summed E-state index contributed by atoms with van der Waals surface area (Å²) in [5, 5.41) is 12.7. The number of benzene rings is 1. The molecule has 1 amide bonds. The molecular weight excluding hydrogens is 270 g/mol. The summed E-state index contributed by atoms with van der Waals surface area (Å²) in [4.78, 5) is 13.4. The van der Waals surface area contributed by atoms with Gasteiger partial charge in [0.25, 0.3) is 5.91 Å². The zero-order valence-electron chi connectivity index (χ0n) is 12.2. The molecule has 0 heterocycles. The van der Waals surface area contributed by atoms with Crippen LogP contribution in [0, 0.1) is 12.8 Å². The second-order valence-corrected chi connectivity index (χ2v) is 6.46. The van der Waals surface area contributed by atoms with Crippen LogP contribution in [0.25, 0.3) is 0 Å². The number of rotatable bonds is 4. The lowest BCUT2D eigenvalue weighted by Crippen LogP contribution is -2.33. The summed E-state index contributed by atoms with van der Waals surface area (Å²) in [6.07, 6.45) is 5.69. The first-order valence-electron chi connectivity index (χ1n) is 7.21. The maximum absolute atomic E-state index is 12.3. The van der Waals surface area contributed by atoms with Crippen LogP contribution in [0.2, 0.25) is 0 Å². The molecule has 0 bridgehead atoms. The van der Waals surface area contributed by atoms with E-state index >= 15 is 0 Å².